The van der Waals surface area contributed by atoms with E-state index in [0.717, 1.165) is 9.13 Å². The van der Waals surface area contributed by atoms with Gasteiger partial charge in [0.25, 0.3) is 5.91 Å². The number of benzene rings is 2. The van der Waals surface area contributed by atoms with Gasteiger partial charge in [-0.15, -0.1) is 0 Å². The molecule has 0 aromatic heterocycles. The summed E-state index contributed by atoms with van der Waals surface area (Å²) in [5, 5.41) is 3.23. The quantitative estimate of drug-likeness (QED) is 0.515. The summed E-state index contributed by atoms with van der Waals surface area (Å²) < 4.78 is 11.2. The van der Waals surface area contributed by atoms with Gasteiger partial charge in [0.2, 0.25) is 0 Å². The van der Waals surface area contributed by atoms with Gasteiger partial charge >= 0.3 is 5.97 Å². The molecule has 0 aliphatic carbocycles. The third-order valence-corrected chi connectivity index (χ3v) is 4.83. The van der Waals surface area contributed by atoms with Gasteiger partial charge in [0.05, 0.1) is 18.4 Å². The van der Waals surface area contributed by atoms with Gasteiger partial charge in [0, 0.05) is 14.7 Å². The number of carbonyl (C=O) groups is 2. The molecule has 0 heterocycles. The van der Waals surface area contributed by atoms with E-state index >= 15 is 0 Å². The molecule has 7 heteroatoms. The molecule has 0 aliphatic heterocycles. The molecule has 0 bridgehead atoms. The molecule has 1 unspecified atom stereocenters. The second-order valence-corrected chi connectivity index (χ2v) is 6.89. The van der Waals surface area contributed by atoms with Gasteiger partial charge in [-0.1, -0.05) is 23.7 Å². The van der Waals surface area contributed by atoms with E-state index < -0.39 is 18.0 Å². The molecule has 1 N–H and O–H groups in total. The van der Waals surface area contributed by atoms with Crippen LogP contribution in [0.15, 0.2) is 36.4 Å². The van der Waals surface area contributed by atoms with Gasteiger partial charge in [0.15, 0.2) is 6.10 Å². The molecule has 1 atom stereocenters. The van der Waals surface area contributed by atoms with Crippen molar-refractivity contribution in [2.75, 3.05) is 12.4 Å². The lowest BCUT2D eigenvalue weighted by Crippen LogP contribution is -2.30. The summed E-state index contributed by atoms with van der Waals surface area (Å²) in [5.41, 5.74) is 1.68. The van der Waals surface area contributed by atoms with Crippen LogP contribution in [0.2, 0.25) is 5.02 Å². The highest BCUT2D eigenvalue weighted by molar-refractivity contribution is 14.1. The third-order valence-electron chi connectivity index (χ3n) is 3.49. The molecule has 2 aromatic carbocycles. The predicted octanol–water partition coefficient (Wildman–Crippen LogP) is 4.45. The molecule has 2 aromatic rings. The van der Waals surface area contributed by atoms with Crippen LogP contribution in [0, 0.1) is 10.5 Å². The molecule has 0 fully saturated rings. The average molecular weight is 474 g/mol. The smallest absolute Gasteiger partial charge is 0.339 e. The van der Waals surface area contributed by atoms with Crippen LogP contribution in [0.5, 0.6) is 5.75 Å². The Morgan fingerprint density at radius 2 is 1.92 bits per heavy atom. The number of nitrogens with one attached hydrogen (secondary N) is 1. The molecule has 0 aliphatic rings. The number of anilines is 1. The normalized spacial score (nSPS) is 11.6. The Morgan fingerprint density at radius 1 is 1.24 bits per heavy atom. The fourth-order valence-electron chi connectivity index (χ4n) is 2.07. The predicted molar refractivity (Wildman–Crippen MR) is 105 cm³/mol. The van der Waals surface area contributed by atoms with E-state index in [4.69, 9.17) is 21.1 Å². The van der Waals surface area contributed by atoms with E-state index in [1.165, 1.54) is 14.0 Å². The lowest BCUT2D eigenvalue weighted by atomic mass is 10.2. The van der Waals surface area contributed by atoms with Crippen molar-refractivity contribution < 1.29 is 19.1 Å². The summed E-state index contributed by atoms with van der Waals surface area (Å²) in [7, 11) is 1.48. The van der Waals surface area contributed by atoms with Gasteiger partial charge in [-0.3, -0.25) is 4.79 Å². The van der Waals surface area contributed by atoms with Crippen molar-refractivity contribution in [3.05, 3.63) is 56.1 Å². The maximum Gasteiger partial charge on any atom is 0.339 e. The van der Waals surface area contributed by atoms with Crippen molar-refractivity contribution in [1.29, 1.82) is 0 Å². The first kappa shape index (κ1) is 19.5. The largest absolute Gasteiger partial charge is 0.495 e. The van der Waals surface area contributed by atoms with E-state index in [-0.39, 0.29) is 0 Å². The summed E-state index contributed by atoms with van der Waals surface area (Å²) in [5.74, 6) is -0.578. The van der Waals surface area contributed by atoms with Gasteiger partial charge in [-0.05, 0) is 60.2 Å². The number of aryl methyl sites for hydroxylation is 1. The van der Waals surface area contributed by atoms with Crippen molar-refractivity contribution in [3.8, 4) is 5.75 Å². The molecule has 25 heavy (non-hydrogen) atoms. The van der Waals surface area contributed by atoms with E-state index in [0.29, 0.717) is 22.0 Å². The standard InChI is InChI=1S/C18H17ClINO4/c1-10-8-15(16(24-3)9-13(10)19)21-17(22)11(2)25-18(23)12-6-4-5-7-14(12)20/h4-9,11H,1-3H3,(H,21,22). The van der Waals surface area contributed by atoms with E-state index in [2.05, 4.69) is 5.32 Å². The highest BCUT2D eigenvalue weighted by Gasteiger charge is 2.21. The Hall–Kier alpha value is -1.80. The lowest BCUT2D eigenvalue weighted by Gasteiger charge is -2.16. The van der Waals surface area contributed by atoms with Crippen molar-refractivity contribution >= 4 is 51.8 Å². The highest BCUT2D eigenvalue weighted by Crippen LogP contribution is 2.31. The van der Waals surface area contributed by atoms with Crippen LogP contribution in [0.4, 0.5) is 5.69 Å². The lowest BCUT2D eigenvalue weighted by molar-refractivity contribution is -0.123. The zero-order chi connectivity index (χ0) is 18.6. The van der Waals surface area contributed by atoms with Crippen LogP contribution < -0.4 is 10.1 Å². The fourth-order valence-corrected chi connectivity index (χ4v) is 2.83. The number of halogens is 2. The Labute approximate surface area is 164 Å². The first-order chi connectivity index (χ1) is 11.8. The monoisotopic (exact) mass is 473 g/mol. The van der Waals surface area contributed by atoms with Crippen molar-refractivity contribution in [1.82, 2.24) is 0 Å². The second-order valence-electron chi connectivity index (χ2n) is 5.32. The molecule has 0 spiro atoms. The number of rotatable bonds is 5. The van der Waals surface area contributed by atoms with Crippen LogP contribution in [-0.2, 0) is 9.53 Å². The third kappa shape index (κ3) is 4.85. The molecule has 1 amide bonds. The summed E-state index contributed by atoms with van der Waals surface area (Å²) in [6, 6.07) is 10.3. The first-order valence-corrected chi connectivity index (χ1v) is 8.89. The topological polar surface area (TPSA) is 64.6 Å². The average Bonchev–Trinajstić information content (AvgIpc) is 2.58. The van der Waals surface area contributed by atoms with Gasteiger partial charge in [-0.2, -0.15) is 0 Å². The maximum atomic E-state index is 12.3. The maximum absolute atomic E-state index is 12.3. The fraction of sp³-hybridized carbons (Fsp3) is 0.222. The number of carbonyl (C=O) groups excluding carboxylic acids is 2. The minimum atomic E-state index is -0.968. The molecule has 132 valence electrons. The molecule has 0 saturated heterocycles. The summed E-state index contributed by atoms with van der Waals surface area (Å²) in [6.07, 6.45) is -0.968. The van der Waals surface area contributed by atoms with E-state index in [9.17, 15) is 9.59 Å². The zero-order valence-corrected chi connectivity index (χ0v) is 16.8. The first-order valence-electron chi connectivity index (χ1n) is 7.44. The van der Waals surface area contributed by atoms with Crippen LogP contribution >= 0.6 is 34.2 Å². The second kappa shape index (κ2) is 8.53. The van der Waals surface area contributed by atoms with Crippen molar-refractivity contribution in [2.45, 2.75) is 20.0 Å². The minimum Gasteiger partial charge on any atom is -0.495 e. The molecule has 5 nitrogen and oxygen atoms in total. The van der Waals surface area contributed by atoms with Crippen molar-refractivity contribution in [3.63, 3.8) is 0 Å². The van der Waals surface area contributed by atoms with Crippen molar-refractivity contribution in [2.24, 2.45) is 0 Å². The number of amides is 1. The molecule has 0 saturated carbocycles. The summed E-state index contributed by atoms with van der Waals surface area (Å²) >= 11 is 8.10. The van der Waals surface area contributed by atoms with E-state index in [1.807, 2.05) is 35.6 Å². The number of esters is 1. The van der Waals surface area contributed by atoms with Crippen LogP contribution in [0.3, 0.4) is 0 Å². The molecular formula is C18H17ClINO4. The molecule has 2 rings (SSSR count). The number of hydrogen-bond acceptors (Lipinski definition) is 4. The minimum absolute atomic E-state index is 0.419. The Balaban J connectivity index is 2.10. The number of ether oxygens (including phenoxy) is 2. The summed E-state index contributed by atoms with van der Waals surface area (Å²) in [4.78, 5) is 24.6. The SMILES string of the molecule is COc1cc(Cl)c(C)cc1NC(=O)C(C)OC(=O)c1ccccc1I. The number of hydrogen-bond donors (Lipinski definition) is 1. The van der Waals surface area contributed by atoms with Gasteiger partial charge in [0.1, 0.15) is 5.75 Å². The molecular weight excluding hydrogens is 457 g/mol. The summed E-state index contributed by atoms with van der Waals surface area (Å²) in [6.45, 7) is 3.33. The zero-order valence-electron chi connectivity index (χ0n) is 13.9. The van der Waals surface area contributed by atoms with Gasteiger partial charge in [-0.25, -0.2) is 4.79 Å². The Kier molecular flexibility index (Phi) is 6.66. The highest BCUT2D eigenvalue weighted by atomic mass is 127. The molecule has 0 radical (unpaired) electrons. The van der Waals surface area contributed by atoms with Crippen LogP contribution in [-0.4, -0.2) is 25.1 Å². The van der Waals surface area contributed by atoms with Crippen LogP contribution in [0.1, 0.15) is 22.8 Å². The Morgan fingerprint density at radius 3 is 2.56 bits per heavy atom. The van der Waals surface area contributed by atoms with Gasteiger partial charge < -0.3 is 14.8 Å². The van der Waals surface area contributed by atoms with Crippen LogP contribution in [0.25, 0.3) is 0 Å². The van der Waals surface area contributed by atoms with E-state index in [1.54, 1.807) is 30.3 Å². The number of methoxy groups -OCH3 is 1. The Bertz CT molecular complexity index is 810.